The van der Waals surface area contributed by atoms with Crippen LogP contribution in [-0.4, -0.2) is 56.9 Å². The average molecular weight is 645 g/mol. The van der Waals surface area contributed by atoms with Gasteiger partial charge in [0.2, 0.25) is 17.8 Å². The van der Waals surface area contributed by atoms with Crippen molar-refractivity contribution in [2.24, 2.45) is 0 Å². The van der Waals surface area contributed by atoms with E-state index in [1.807, 2.05) is 0 Å². The smallest absolute Gasteiger partial charge is 0.259 e. The fourth-order valence-electron chi connectivity index (χ4n) is 5.51. The van der Waals surface area contributed by atoms with Gasteiger partial charge in [-0.15, -0.1) is 0 Å². The first-order valence-electron chi connectivity index (χ1n) is 13.8. The molecule has 10 nitrogen and oxygen atoms in total. The van der Waals surface area contributed by atoms with Crippen molar-refractivity contribution in [2.75, 3.05) is 9.80 Å². The summed E-state index contributed by atoms with van der Waals surface area (Å²) >= 11 is 6.49. The van der Waals surface area contributed by atoms with Crippen molar-refractivity contribution >= 4 is 41.0 Å². The number of amides is 3. The molecule has 2 heterocycles. The summed E-state index contributed by atoms with van der Waals surface area (Å²) in [5.41, 5.74) is -0.570. The second-order valence-corrected chi connectivity index (χ2v) is 11.1. The van der Waals surface area contributed by atoms with E-state index in [9.17, 15) is 42.3 Å². The van der Waals surface area contributed by atoms with E-state index in [1.54, 1.807) is 12.1 Å². The van der Waals surface area contributed by atoms with Crippen LogP contribution in [0.4, 0.5) is 29.2 Å². The summed E-state index contributed by atoms with van der Waals surface area (Å²) in [5, 5.41) is 22.5. The lowest BCUT2D eigenvalue weighted by molar-refractivity contribution is -0.128. The van der Waals surface area contributed by atoms with E-state index in [1.165, 1.54) is 24.3 Å². The zero-order valence-corrected chi connectivity index (χ0v) is 24.1. The van der Waals surface area contributed by atoms with Crippen molar-refractivity contribution < 1.29 is 37.1 Å². The molecular weight excluding hydrogens is 620 g/mol. The SMILES string of the molecule is N#Cc1ccnc(N2C(=O)[C@H](O)C[C@H]2C(=O)N(c2cc(F)cc(F)c2)[C@@H](C(=O)NC2CCC(F)(F)CC2)c2ccccc2Cl)n1. The lowest BCUT2D eigenvalue weighted by atomic mass is 9.91. The van der Waals surface area contributed by atoms with Gasteiger partial charge in [0, 0.05) is 48.2 Å². The molecule has 2 aliphatic rings. The van der Waals surface area contributed by atoms with Crippen LogP contribution in [0.5, 0.6) is 0 Å². The van der Waals surface area contributed by atoms with Gasteiger partial charge in [-0.25, -0.2) is 27.5 Å². The van der Waals surface area contributed by atoms with Crippen molar-refractivity contribution in [1.29, 1.82) is 5.26 Å². The number of anilines is 2. The fourth-order valence-corrected chi connectivity index (χ4v) is 5.75. The number of aliphatic hydroxyl groups is 1. The molecule has 0 bridgehead atoms. The number of hydrogen-bond donors (Lipinski definition) is 2. The summed E-state index contributed by atoms with van der Waals surface area (Å²) in [6.45, 7) is 0. The molecule has 5 rings (SSSR count). The minimum absolute atomic E-state index is 0.00746. The summed E-state index contributed by atoms with van der Waals surface area (Å²) in [5.74, 6) is -8.45. The number of alkyl halides is 2. The Labute approximate surface area is 259 Å². The summed E-state index contributed by atoms with van der Waals surface area (Å²) in [4.78, 5) is 51.1. The van der Waals surface area contributed by atoms with Crippen molar-refractivity contribution in [3.63, 3.8) is 0 Å². The lowest BCUT2D eigenvalue weighted by Crippen LogP contribution is -2.53. The lowest BCUT2D eigenvalue weighted by Gasteiger charge is -2.36. The maximum atomic E-state index is 14.6. The molecule has 15 heteroatoms. The number of halogens is 5. The van der Waals surface area contributed by atoms with Gasteiger partial charge in [0.25, 0.3) is 11.8 Å². The van der Waals surface area contributed by atoms with Crippen LogP contribution < -0.4 is 15.1 Å². The van der Waals surface area contributed by atoms with E-state index < -0.39 is 90.4 Å². The highest BCUT2D eigenvalue weighted by molar-refractivity contribution is 6.31. The molecule has 0 unspecified atom stereocenters. The third kappa shape index (κ3) is 6.74. The van der Waals surface area contributed by atoms with Crippen LogP contribution in [0.1, 0.15) is 49.4 Å². The first kappa shape index (κ1) is 31.8. The van der Waals surface area contributed by atoms with Crippen LogP contribution >= 0.6 is 11.6 Å². The van der Waals surface area contributed by atoms with Gasteiger partial charge in [-0.1, -0.05) is 29.8 Å². The van der Waals surface area contributed by atoms with Crippen molar-refractivity contribution in [1.82, 2.24) is 15.3 Å². The van der Waals surface area contributed by atoms with E-state index in [2.05, 4.69) is 15.3 Å². The van der Waals surface area contributed by atoms with Gasteiger partial charge in [-0.2, -0.15) is 5.26 Å². The molecule has 45 heavy (non-hydrogen) atoms. The number of aliphatic hydroxyl groups excluding tert-OH is 1. The molecule has 0 radical (unpaired) electrons. The van der Waals surface area contributed by atoms with Crippen LogP contribution in [-0.2, 0) is 14.4 Å². The van der Waals surface area contributed by atoms with Gasteiger partial charge in [-0.3, -0.25) is 24.2 Å². The second-order valence-electron chi connectivity index (χ2n) is 10.7. The predicted molar refractivity (Wildman–Crippen MR) is 152 cm³/mol. The van der Waals surface area contributed by atoms with E-state index in [-0.39, 0.29) is 29.1 Å². The molecule has 2 aromatic carbocycles. The van der Waals surface area contributed by atoms with Gasteiger partial charge in [-0.05, 0) is 37.1 Å². The average Bonchev–Trinajstić information content (AvgIpc) is 3.30. The molecule has 3 aromatic rings. The highest BCUT2D eigenvalue weighted by Crippen LogP contribution is 2.38. The van der Waals surface area contributed by atoms with E-state index >= 15 is 0 Å². The quantitative estimate of drug-likeness (QED) is 0.367. The number of carbonyl (C=O) groups excluding carboxylic acids is 3. The first-order valence-corrected chi connectivity index (χ1v) is 14.2. The van der Waals surface area contributed by atoms with Gasteiger partial charge < -0.3 is 10.4 Å². The molecular formula is C30H25ClF4N6O4. The number of nitrogens with one attached hydrogen (secondary N) is 1. The van der Waals surface area contributed by atoms with Gasteiger partial charge in [0.15, 0.2) is 0 Å². The Kier molecular flexibility index (Phi) is 9.03. The third-order valence-corrected chi connectivity index (χ3v) is 8.02. The molecule has 1 saturated carbocycles. The normalized spacial score (nSPS) is 20.4. The van der Waals surface area contributed by atoms with Crippen molar-refractivity contribution in [3.05, 3.63) is 82.6 Å². The number of nitrogens with zero attached hydrogens (tertiary/aromatic N) is 5. The van der Waals surface area contributed by atoms with E-state index in [4.69, 9.17) is 11.6 Å². The third-order valence-electron chi connectivity index (χ3n) is 7.67. The zero-order valence-electron chi connectivity index (χ0n) is 23.3. The van der Waals surface area contributed by atoms with Crippen molar-refractivity contribution in [2.45, 2.75) is 62.3 Å². The number of carbonyl (C=O) groups is 3. The summed E-state index contributed by atoms with van der Waals surface area (Å²) in [6, 6.07) is 7.00. The Hall–Kier alpha value is -4.61. The van der Waals surface area contributed by atoms with Crippen LogP contribution in [0.3, 0.4) is 0 Å². The molecule has 234 valence electrons. The zero-order chi connectivity index (χ0) is 32.5. The standard InChI is InChI=1S/C30H25ClF4N6O4/c31-22-4-2-1-3-21(22)25(26(43)38-18-5-8-30(34,35)9-6-18)40(20-12-16(32)11-17(33)13-20)27(44)23-14-24(42)28(45)41(23)29-37-10-7-19(15-36)39-29/h1-4,7,10-13,18,23-25,42H,5-6,8-9,14H2,(H,38,43)/t23-,24+,25+/m0/s1. The van der Waals surface area contributed by atoms with Crippen LogP contribution in [0.15, 0.2) is 54.7 Å². The number of nitriles is 1. The van der Waals surface area contributed by atoms with Gasteiger partial charge in [0.05, 0.1) is 5.69 Å². The maximum absolute atomic E-state index is 14.6. The van der Waals surface area contributed by atoms with Crippen molar-refractivity contribution in [3.8, 4) is 6.07 Å². The Morgan fingerprint density at radius 2 is 1.80 bits per heavy atom. The molecule has 1 aromatic heterocycles. The largest absolute Gasteiger partial charge is 0.383 e. The van der Waals surface area contributed by atoms with E-state index in [0.29, 0.717) is 6.07 Å². The molecule has 1 aliphatic carbocycles. The minimum Gasteiger partial charge on any atom is -0.383 e. The highest BCUT2D eigenvalue weighted by Gasteiger charge is 2.49. The molecule has 3 amide bonds. The number of benzene rings is 2. The Balaban J connectivity index is 1.63. The Bertz CT molecular complexity index is 1660. The van der Waals surface area contributed by atoms with Crippen LogP contribution in [0.2, 0.25) is 5.02 Å². The maximum Gasteiger partial charge on any atom is 0.259 e. The molecule has 1 saturated heterocycles. The molecule has 2 fully saturated rings. The van der Waals surface area contributed by atoms with Crippen LogP contribution in [0, 0.1) is 23.0 Å². The molecule has 3 atom stereocenters. The second kappa shape index (κ2) is 12.8. The number of rotatable bonds is 7. The highest BCUT2D eigenvalue weighted by atomic mass is 35.5. The topological polar surface area (TPSA) is 140 Å². The van der Waals surface area contributed by atoms with E-state index in [0.717, 1.165) is 28.1 Å². The molecule has 0 spiro atoms. The van der Waals surface area contributed by atoms with Gasteiger partial charge >= 0.3 is 0 Å². The number of hydrogen-bond acceptors (Lipinski definition) is 7. The summed E-state index contributed by atoms with van der Waals surface area (Å²) < 4.78 is 57.0. The first-order chi connectivity index (χ1) is 21.4. The predicted octanol–water partition coefficient (Wildman–Crippen LogP) is 4.21. The molecule has 1 aliphatic heterocycles. The van der Waals surface area contributed by atoms with Crippen LogP contribution in [0.25, 0.3) is 0 Å². The Morgan fingerprint density at radius 3 is 2.44 bits per heavy atom. The number of aromatic nitrogens is 2. The Morgan fingerprint density at radius 1 is 1.13 bits per heavy atom. The monoisotopic (exact) mass is 644 g/mol. The summed E-state index contributed by atoms with van der Waals surface area (Å²) in [6.07, 6.45) is -2.19. The fraction of sp³-hybridized carbons (Fsp3) is 0.333. The summed E-state index contributed by atoms with van der Waals surface area (Å²) in [7, 11) is 0. The minimum atomic E-state index is -2.89. The molecule has 2 N–H and O–H groups in total. The van der Waals surface area contributed by atoms with Gasteiger partial charge in [0.1, 0.15) is 41.6 Å².